The SMILES string of the molecule is CCCC[C@@H]1Nc2ncnc(N3CCN(C(=O)OC(C)(C)C)CC3)c2N(Cc2ccccc2F)C1=O. The van der Waals surface area contributed by atoms with Crippen LogP contribution in [-0.4, -0.2) is 64.7 Å². The Bertz CT molecular complexity index is 1100. The van der Waals surface area contributed by atoms with Crippen molar-refractivity contribution >= 4 is 29.3 Å². The number of hydrogen-bond acceptors (Lipinski definition) is 7. The second-order valence-corrected chi connectivity index (χ2v) is 10.2. The van der Waals surface area contributed by atoms with Crippen molar-refractivity contribution in [2.45, 2.75) is 65.1 Å². The van der Waals surface area contributed by atoms with E-state index in [1.807, 2.05) is 25.7 Å². The van der Waals surface area contributed by atoms with E-state index in [0.717, 1.165) is 12.8 Å². The van der Waals surface area contributed by atoms with Crippen LogP contribution in [-0.2, 0) is 16.1 Å². The molecule has 0 saturated carbocycles. The molecule has 36 heavy (non-hydrogen) atoms. The number of carbonyl (C=O) groups excluding carboxylic acids is 2. The van der Waals surface area contributed by atoms with Crippen LogP contribution in [0.3, 0.4) is 0 Å². The summed E-state index contributed by atoms with van der Waals surface area (Å²) >= 11 is 0. The van der Waals surface area contributed by atoms with Crippen molar-refractivity contribution in [2.24, 2.45) is 0 Å². The van der Waals surface area contributed by atoms with Gasteiger partial charge in [0.15, 0.2) is 11.6 Å². The Morgan fingerprint density at radius 1 is 1.17 bits per heavy atom. The zero-order chi connectivity index (χ0) is 25.9. The summed E-state index contributed by atoms with van der Waals surface area (Å²) in [7, 11) is 0. The van der Waals surface area contributed by atoms with Gasteiger partial charge in [0.05, 0.1) is 6.54 Å². The Morgan fingerprint density at radius 2 is 1.89 bits per heavy atom. The van der Waals surface area contributed by atoms with Gasteiger partial charge >= 0.3 is 6.09 Å². The standard InChI is InChI=1S/C26H35FN6O3/c1-5-6-11-20-24(34)33(16-18-9-7-8-10-19(18)27)21-22(30-20)28-17-29-23(21)31-12-14-32(15-13-31)25(35)36-26(2,3)4/h7-10,17,20H,5-6,11-16H2,1-4H3,(H,28,29,30)/t20-/m0/s1. The van der Waals surface area contributed by atoms with Gasteiger partial charge in [0.1, 0.15) is 29.5 Å². The maximum atomic E-state index is 14.6. The molecule has 4 rings (SSSR count). The molecule has 0 unspecified atom stereocenters. The Hall–Kier alpha value is -3.43. The predicted molar refractivity (Wildman–Crippen MR) is 137 cm³/mol. The van der Waals surface area contributed by atoms with E-state index in [1.54, 1.807) is 28.0 Å². The molecule has 2 amide bonds. The number of unbranched alkanes of at least 4 members (excludes halogenated alkanes) is 1. The molecule has 1 aromatic heterocycles. The molecule has 1 atom stereocenters. The lowest BCUT2D eigenvalue weighted by atomic mass is 10.0. The van der Waals surface area contributed by atoms with Crippen LogP contribution in [0.4, 0.5) is 26.5 Å². The highest BCUT2D eigenvalue weighted by Crippen LogP contribution is 2.39. The van der Waals surface area contributed by atoms with Crippen LogP contribution >= 0.6 is 0 Å². The van der Waals surface area contributed by atoms with E-state index in [4.69, 9.17) is 4.74 Å². The first kappa shape index (κ1) is 25.7. The Morgan fingerprint density at radius 3 is 2.56 bits per heavy atom. The predicted octanol–water partition coefficient (Wildman–Crippen LogP) is 4.19. The normalized spacial score (nSPS) is 18.1. The molecule has 2 aromatic rings. The van der Waals surface area contributed by atoms with Crippen molar-refractivity contribution in [3.05, 3.63) is 42.0 Å². The molecule has 1 fully saturated rings. The first-order valence-electron chi connectivity index (χ1n) is 12.6. The monoisotopic (exact) mass is 498 g/mol. The number of piperazine rings is 1. The summed E-state index contributed by atoms with van der Waals surface area (Å²) in [5.74, 6) is 0.670. The van der Waals surface area contributed by atoms with Crippen LogP contribution in [0.25, 0.3) is 0 Å². The molecule has 194 valence electrons. The van der Waals surface area contributed by atoms with Crippen LogP contribution in [0.5, 0.6) is 0 Å². The topological polar surface area (TPSA) is 90.9 Å². The van der Waals surface area contributed by atoms with Gasteiger partial charge in [-0.3, -0.25) is 9.69 Å². The molecule has 3 heterocycles. The molecule has 1 aromatic carbocycles. The fraction of sp³-hybridized carbons (Fsp3) is 0.538. The van der Waals surface area contributed by atoms with E-state index in [2.05, 4.69) is 22.2 Å². The molecule has 0 aliphatic carbocycles. The lowest BCUT2D eigenvalue weighted by molar-refractivity contribution is -0.119. The molecular weight excluding hydrogens is 463 g/mol. The van der Waals surface area contributed by atoms with E-state index in [9.17, 15) is 14.0 Å². The number of nitrogens with zero attached hydrogens (tertiary/aromatic N) is 5. The summed E-state index contributed by atoms with van der Waals surface area (Å²) in [4.78, 5) is 40.4. The van der Waals surface area contributed by atoms with Gasteiger partial charge in [-0.2, -0.15) is 0 Å². The number of nitrogens with one attached hydrogen (secondary N) is 1. The number of benzene rings is 1. The summed E-state index contributed by atoms with van der Waals surface area (Å²) in [6.45, 7) is 9.65. The number of amides is 2. The molecule has 2 aliphatic rings. The Balaban J connectivity index is 1.61. The van der Waals surface area contributed by atoms with Crippen LogP contribution in [0.2, 0.25) is 0 Å². The highest BCUT2D eigenvalue weighted by atomic mass is 19.1. The van der Waals surface area contributed by atoms with Gasteiger partial charge in [-0.05, 0) is 33.3 Å². The molecule has 0 radical (unpaired) electrons. The largest absolute Gasteiger partial charge is 0.444 e. The van der Waals surface area contributed by atoms with Crippen molar-refractivity contribution in [3.63, 3.8) is 0 Å². The Kier molecular flexibility index (Phi) is 7.61. The summed E-state index contributed by atoms with van der Waals surface area (Å²) in [5, 5.41) is 3.30. The van der Waals surface area contributed by atoms with E-state index >= 15 is 0 Å². The van der Waals surface area contributed by atoms with E-state index < -0.39 is 11.6 Å². The van der Waals surface area contributed by atoms with Crippen molar-refractivity contribution < 1.29 is 18.7 Å². The molecule has 1 N–H and O–H groups in total. The molecule has 0 spiro atoms. The van der Waals surface area contributed by atoms with Gasteiger partial charge in [-0.1, -0.05) is 38.0 Å². The third-order valence-corrected chi connectivity index (χ3v) is 6.31. The molecule has 2 aliphatic heterocycles. The number of ether oxygens (including phenoxy) is 1. The number of rotatable bonds is 6. The fourth-order valence-corrected chi connectivity index (χ4v) is 4.47. The van der Waals surface area contributed by atoms with Gasteiger partial charge in [0.25, 0.3) is 0 Å². The van der Waals surface area contributed by atoms with Crippen LogP contribution < -0.4 is 15.1 Å². The highest BCUT2D eigenvalue weighted by molar-refractivity contribution is 6.06. The van der Waals surface area contributed by atoms with Gasteiger partial charge in [-0.15, -0.1) is 0 Å². The third-order valence-electron chi connectivity index (χ3n) is 6.31. The minimum atomic E-state index is -0.562. The lowest BCUT2D eigenvalue weighted by Gasteiger charge is -2.40. The molecule has 0 bridgehead atoms. The van der Waals surface area contributed by atoms with Crippen LogP contribution in [0, 0.1) is 5.82 Å². The van der Waals surface area contributed by atoms with Gasteiger partial charge in [0, 0.05) is 31.7 Å². The zero-order valence-corrected chi connectivity index (χ0v) is 21.5. The van der Waals surface area contributed by atoms with E-state index in [0.29, 0.717) is 55.5 Å². The summed E-state index contributed by atoms with van der Waals surface area (Å²) in [6, 6.07) is 6.05. The fourth-order valence-electron chi connectivity index (χ4n) is 4.47. The highest BCUT2D eigenvalue weighted by Gasteiger charge is 2.37. The number of hydrogen-bond donors (Lipinski definition) is 1. The number of carbonyl (C=O) groups is 2. The van der Waals surface area contributed by atoms with Crippen LogP contribution in [0.1, 0.15) is 52.5 Å². The maximum Gasteiger partial charge on any atom is 0.410 e. The molecule has 10 heteroatoms. The molecule has 1 saturated heterocycles. The minimum Gasteiger partial charge on any atom is -0.444 e. The average Bonchev–Trinajstić information content (AvgIpc) is 2.84. The van der Waals surface area contributed by atoms with E-state index in [-0.39, 0.29) is 24.4 Å². The number of halogens is 1. The second-order valence-electron chi connectivity index (χ2n) is 10.2. The first-order valence-corrected chi connectivity index (χ1v) is 12.6. The first-order chi connectivity index (χ1) is 17.2. The van der Waals surface area contributed by atoms with Crippen LogP contribution in [0.15, 0.2) is 30.6 Å². The maximum absolute atomic E-state index is 14.6. The minimum absolute atomic E-state index is 0.0844. The smallest absolute Gasteiger partial charge is 0.410 e. The molecule has 9 nitrogen and oxygen atoms in total. The summed E-state index contributed by atoms with van der Waals surface area (Å²) in [6.07, 6.45) is 3.65. The van der Waals surface area contributed by atoms with E-state index in [1.165, 1.54) is 12.4 Å². The van der Waals surface area contributed by atoms with Crippen molar-refractivity contribution in [1.29, 1.82) is 0 Å². The quantitative estimate of drug-likeness (QED) is 0.639. The number of anilines is 3. The van der Waals surface area contributed by atoms with Crippen molar-refractivity contribution in [2.75, 3.05) is 41.3 Å². The second kappa shape index (κ2) is 10.7. The summed E-state index contributed by atoms with van der Waals surface area (Å²) in [5.41, 5.74) is 0.412. The van der Waals surface area contributed by atoms with Gasteiger partial charge < -0.3 is 19.9 Å². The third kappa shape index (κ3) is 5.68. The van der Waals surface area contributed by atoms with Crippen molar-refractivity contribution in [1.82, 2.24) is 14.9 Å². The van der Waals surface area contributed by atoms with Gasteiger partial charge in [0.2, 0.25) is 5.91 Å². The zero-order valence-electron chi connectivity index (χ0n) is 21.5. The lowest BCUT2D eigenvalue weighted by Crippen LogP contribution is -2.52. The van der Waals surface area contributed by atoms with Crippen molar-refractivity contribution in [3.8, 4) is 0 Å². The number of fused-ring (bicyclic) bond motifs is 1. The Labute approximate surface area is 211 Å². The number of aromatic nitrogens is 2. The molecular formula is C26H35FN6O3. The average molecular weight is 499 g/mol. The van der Waals surface area contributed by atoms with Gasteiger partial charge in [-0.25, -0.2) is 19.2 Å². The summed E-state index contributed by atoms with van der Waals surface area (Å²) < 4.78 is 20.1.